The third-order valence-electron chi connectivity index (χ3n) is 1.10. The minimum atomic E-state index is 0. The van der Waals surface area contributed by atoms with Crippen LogP contribution in [0.15, 0.2) is 0 Å². The Morgan fingerprint density at radius 3 is 0.647 bits per heavy atom. The van der Waals surface area contributed by atoms with Gasteiger partial charge in [0.25, 0.3) is 0 Å². The number of aliphatic hydroxyl groups is 3. The van der Waals surface area contributed by atoms with E-state index in [-0.39, 0.29) is 38.3 Å². The SMILES string of the molecule is CC(C)CO.CC(C)CO.CC(C)CO.[Cl-].[Hf]. The average molecular weight is 436 g/mol. The van der Waals surface area contributed by atoms with E-state index in [9.17, 15) is 0 Å². The molecule has 0 saturated heterocycles. The van der Waals surface area contributed by atoms with Gasteiger partial charge in [-0.3, -0.25) is 0 Å². The van der Waals surface area contributed by atoms with Crippen LogP contribution < -0.4 is 12.4 Å². The van der Waals surface area contributed by atoms with Crippen molar-refractivity contribution in [3.05, 3.63) is 0 Å². The number of hydrogen-bond acceptors (Lipinski definition) is 3. The van der Waals surface area contributed by atoms with Crippen molar-refractivity contribution in [1.29, 1.82) is 0 Å². The van der Waals surface area contributed by atoms with Gasteiger partial charge in [0.05, 0.1) is 0 Å². The molecule has 3 N–H and O–H groups in total. The van der Waals surface area contributed by atoms with Gasteiger partial charge in [-0.15, -0.1) is 0 Å². The van der Waals surface area contributed by atoms with Gasteiger partial charge in [0, 0.05) is 45.7 Å². The van der Waals surface area contributed by atoms with E-state index in [0.717, 1.165) is 0 Å². The summed E-state index contributed by atoms with van der Waals surface area (Å²) in [5, 5.41) is 24.4. The van der Waals surface area contributed by atoms with Crippen LogP contribution in [-0.4, -0.2) is 35.1 Å². The number of hydrogen-bond donors (Lipinski definition) is 3. The molecule has 0 spiro atoms. The standard InChI is InChI=1S/3C4H10O.ClH.Hf/c3*1-4(2)3-5;;/h3*4-5H,3H2,1-2H3;1H;/p-1. The third kappa shape index (κ3) is 77.8. The Bertz CT molecular complexity index is 82.7. The zero-order chi connectivity index (χ0) is 12.9. The van der Waals surface area contributed by atoms with Crippen LogP contribution >= 0.6 is 0 Å². The summed E-state index contributed by atoms with van der Waals surface area (Å²) in [5.74, 6) is 1.32. The number of rotatable bonds is 3. The van der Waals surface area contributed by atoms with E-state index in [4.69, 9.17) is 15.3 Å². The molecular weight excluding hydrogens is 406 g/mol. The molecule has 0 atom stereocenters. The molecule has 0 rings (SSSR count). The van der Waals surface area contributed by atoms with Gasteiger partial charge < -0.3 is 27.7 Å². The molecular formula is C12H30ClHfO3-. The first kappa shape index (κ1) is 30.8. The Hall–Kier alpha value is 1.04. The Kier molecular flexibility index (Phi) is 46.7. The predicted octanol–water partition coefficient (Wildman–Crippen LogP) is -1.09. The quantitative estimate of drug-likeness (QED) is 0.493. The molecule has 5 heteroatoms. The van der Waals surface area contributed by atoms with Crippen LogP contribution in [0.4, 0.5) is 0 Å². The van der Waals surface area contributed by atoms with Gasteiger partial charge in [-0.1, -0.05) is 41.5 Å². The molecule has 0 fully saturated rings. The van der Waals surface area contributed by atoms with E-state index in [1.165, 1.54) is 0 Å². The van der Waals surface area contributed by atoms with E-state index in [1.807, 2.05) is 41.5 Å². The molecule has 0 saturated carbocycles. The van der Waals surface area contributed by atoms with Crippen molar-refractivity contribution in [2.45, 2.75) is 41.5 Å². The molecule has 0 unspecified atom stereocenters. The normalized spacial score (nSPS) is 8.47. The summed E-state index contributed by atoms with van der Waals surface area (Å²) in [6.07, 6.45) is 0. The monoisotopic (exact) mass is 437 g/mol. The van der Waals surface area contributed by atoms with Crippen LogP contribution in [0, 0.1) is 17.8 Å². The molecule has 0 aromatic heterocycles. The molecule has 0 bridgehead atoms. The second-order valence-corrected chi connectivity index (χ2v) is 4.73. The van der Waals surface area contributed by atoms with Crippen molar-refractivity contribution in [3.63, 3.8) is 0 Å². The van der Waals surface area contributed by atoms with Crippen molar-refractivity contribution >= 4 is 0 Å². The maximum Gasteiger partial charge on any atom is 0.0453 e. The Morgan fingerprint density at radius 2 is 0.647 bits per heavy atom. The van der Waals surface area contributed by atoms with Crippen molar-refractivity contribution in [2.24, 2.45) is 17.8 Å². The molecule has 17 heavy (non-hydrogen) atoms. The smallest absolute Gasteiger partial charge is 0.0453 e. The van der Waals surface area contributed by atoms with Gasteiger partial charge in [-0.05, 0) is 17.8 Å². The molecule has 0 aliphatic rings. The van der Waals surface area contributed by atoms with Crippen molar-refractivity contribution in [1.82, 2.24) is 0 Å². The summed E-state index contributed by atoms with van der Waals surface area (Å²) in [4.78, 5) is 0. The van der Waals surface area contributed by atoms with Gasteiger partial charge in [-0.2, -0.15) is 0 Å². The molecule has 108 valence electrons. The van der Waals surface area contributed by atoms with E-state index in [1.54, 1.807) is 0 Å². The van der Waals surface area contributed by atoms with Gasteiger partial charge in [0.15, 0.2) is 0 Å². The van der Waals surface area contributed by atoms with Gasteiger partial charge in [-0.25, -0.2) is 0 Å². The summed E-state index contributed by atoms with van der Waals surface area (Å²) in [5.41, 5.74) is 0. The molecule has 0 aliphatic carbocycles. The van der Waals surface area contributed by atoms with Gasteiger partial charge in [0.2, 0.25) is 0 Å². The largest absolute Gasteiger partial charge is 1.00 e. The summed E-state index contributed by atoms with van der Waals surface area (Å²) in [6, 6.07) is 0. The van der Waals surface area contributed by atoms with Gasteiger partial charge in [0.1, 0.15) is 0 Å². The molecule has 0 amide bonds. The first-order chi connectivity index (χ1) is 6.81. The first-order valence-corrected chi connectivity index (χ1v) is 5.64. The topological polar surface area (TPSA) is 60.7 Å². The molecule has 0 aromatic rings. The molecule has 0 aromatic carbocycles. The molecule has 0 aliphatic heterocycles. The van der Waals surface area contributed by atoms with Crippen LogP contribution in [0.25, 0.3) is 0 Å². The average Bonchev–Trinajstić information content (AvgIpc) is 2.19. The van der Waals surface area contributed by atoms with E-state index in [2.05, 4.69) is 0 Å². The van der Waals surface area contributed by atoms with E-state index >= 15 is 0 Å². The number of halogens is 1. The maximum absolute atomic E-state index is 8.14. The van der Waals surface area contributed by atoms with Gasteiger partial charge >= 0.3 is 0 Å². The fraction of sp³-hybridized carbons (Fsp3) is 1.00. The number of aliphatic hydroxyl groups excluding tert-OH is 3. The Labute approximate surface area is 132 Å². The van der Waals surface area contributed by atoms with Crippen molar-refractivity contribution < 1.29 is 53.6 Å². The maximum atomic E-state index is 8.14. The van der Waals surface area contributed by atoms with Crippen LogP contribution in [0.1, 0.15) is 41.5 Å². The first-order valence-electron chi connectivity index (χ1n) is 5.64. The zero-order valence-electron chi connectivity index (χ0n) is 12.1. The van der Waals surface area contributed by atoms with Crippen LogP contribution in [0.2, 0.25) is 0 Å². The second-order valence-electron chi connectivity index (χ2n) is 4.73. The molecule has 3 nitrogen and oxygen atoms in total. The summed E-state index contributed by atoms with van der Waals surface area (Å²) in [6.45, 7) is 12.7. The zero-order valence-corrected chi connectivity index (χ0v) is 16.4. The fourth-order valence-corrected chi connectivity index (χ4v) is 0. The van der Waals surface area contributed by atoms with Crippen LogP contribution in [0.3, 0.4) is 0 Å². The minimum Gasteiger partial charge on any atom is -1.00 e. The summed E-state index contributed by atoms with van der Waals surface area (Å²) >= 11 is 0. The minimum absolute atomic E-state index is 0. The summed E-state index contributed by atoms with van der Waals surface area (Å²) < 4.78 is 0. The van der Waals surface area contributed by atoms with Crippen molar-refractivity contribution in [2.75, 3.05) is 19.8 Å². The van der Waals surface area contributed by atoms with Crippen molar-refractivity contribution in [3.8, 4) is 0 Å². The van der Waals surface area contributed by atoms with E-state index in [0.29, 0.717) is 37.6 Å². The Morgan fingerprint density at radius 1 is 0.588 bits per heavy atom. The predicted molar refractivity (Wildman–Crippen MR) is 65.8 cm³/mol. The second kappa shape index (κ2) is 25.8. The molecule has 0 heterocycles. The fourth-order valence-electron chi connectivity index (χ4n) is 0. The van der Waals surface area contributed by atoms with E-state index < -0.39 is 0 Å². The third-order valence-corrected chi connectivity index (χ3v) is 1.10. The summed E-state index contributed by atoms with van der Waals surface area (Å²) in [7, 11) is 0. The Balaban J connectivity index is -0.0000000400. The van der Waals surface area contributed by atoms with Crippen LogP contribution in [-0.2, 0) is 25.8 Å². The van der Waals surface area contributed by atoms with Crippen LogP contribution in [0.5, 0.6) is 0 Å². The molecule has 0 radical (unpaired) electrons.